The molecule has 2 aliphatic rings. The van der Waals surface area contributed by atoms with Crippen LogP contribution in [0.2, 0.25) is 5.02 Å². The van der Waals surface area contributed by atoms with Gasteiger partial charge < -0.3 is 40.2 Å². The van der Waals surface area contributed by atoms with Gasteiger partial charge in [0, 0.05) is 59.3 Å². The van der Waals surface area contributed by atoms with Crippen molar-refractivity contribution in [3.05, 3.63) is 112 Å². The van der Waals surface area contributed by atoms with Gasteiger partial charge in [0.25, 0.3) is 5.91 Å². The van der Waals surface area contributed by atoms with Gasteiger partial charge in [-0.1, -0.05) is 102 Å². The van der Waals surface area contributed by atoms with E-state index in [1.807, 2.05) is 77.1 Å². The maximum absolute atomic E-state index is 14.0. The van der Waals surface area contributed by atoms with Crippen molar-refractivity contribution in [1.29, 1.82) is 5.26 Å². The average molecular weight is 922 g/mol. The van der Waals surface area contributed by atoms with Crippen LogP contribution in [-0.2, 0) is 19.1 Å². The van der Waals surface area contributed by atoms with E-state index in [1.54, 1.807) is 42.6 Å². The smallest absolute Gasteiger partial charge is 0.251 e. The third kappa shape index (κ3) is 11.3. The van der Waals surface area contributed by atoms with Crippen LogP contribution in [0.5, 0.6) is 11.6 Å². The second kappa shape index (κ2) is 20.2. The number of likely N-dealkylation sites (tertiary alicyclic amines) is 1. The van der Waals surface area contributed by atoms with E-state index in [2.05, 4.69) is 54.7 Å². The zero-order valence-electron chi connectivity index (χ0n) is 39.1. The van der Waals surface area contributed by atoms with E-state index < -0.39 is 46.2 Å². The first-order valence-corrected chi connectivity index (χ1v) is 22.6. The van der Waals surface area contributed by atoms with Gasteiger partial charge in [-0.2, -0.15) is 5.26 Å². The van der Waals surface area contributed by atoms with Crippen LogP contribution in [0.15, 0.2) is 85.1 Å². The van der Waals surface area contributed by atoms with Crippen LogP contribution < -0.4 is 25.4 Å². The molecule has 66 heavy (non-hydrogen) atoms. The van der Waals surface area contributed by atoms with Crippen molar-refractivity contribution >= 4 is 35.2 Å². The quantitative estimate of drug-likeness (QED) is 0.0855. The molecule has 1 aromatic heterocycles. The Balaban J connectivity index is 0.942. The van der Waals surface area contributed by atoms with E-state index in [1.165, 1.54) is 4.90 Å². The summed E-state index contributed by atoms with van der Waals surface area (Å²) in [5.41, 5.74) is 3.07. The van der Waals surface area contributed by atoms with Crippen molar-refractivity contribution in [3.8, 4) is 28.8 Å². The Morgan fingerprint density at radius 3 is 2.21 bits per heavy atom. The summed E-state index contributed by atoms with van der Waals surface area (Å²) in [5.74, 6) is -0.609. The number of amides is 4. The van der Waals surface area contributed by atoms with E-state index in [0.717, 1.165) is 22.3 Å². The van der Waals surface area contributed by atoms with Gasteiger partial charge >= 0.3 is 0 Å². The summed E-state index contributed by atoms with van der Waals surface area (Å²) in [6.45, 7) is 17.4. The van der Waals surface area contributed by atoms with Gasteiger partial charge in [-0.25, -0.2) is 4.98 Å². The molecular formula is C51H61ClN6O8. The Labute approximate surface area is 392 Å². The number of nitriles is 1. The molecule has 1 saturated heterocycles. The molecule has 0 bridgehead atoms. The van der Waals surface area contributed by atoms with Crippen molar-refractivity contribution in [2.75, 3.05) is 26.4 Å². The predicted octanol–water partition coefficient (Wildman–Crippen LogP) is 6.96. The molecule has 6 rings (SSSR count). The lowest BCUT2D eigenvalue weighted by molar-refractivity contribution is -0.164. The SMILES string of the molecule is Cc1ccc([C@H](C)NC(=O)[C@@H]2C[C@@H](O)CN2C(=O)[C@@H](NC(=O)COCCOc2ccc(-c3ccc(C(=O)N[C@H]4C(C)(C)[C@H](Oc5ccc(C#N)c(Cl)c5)C4(C)C)cc3)cn2)C(C)(C)C)cc1. The van der Waals surface area contributed by atoms with Gasteiger partial charge in [0.2, 0.25) is 23.6 Å². The van der Waals surface area contributed by atoms with E-state index in [4.69, 9.17) is 25.8 Å². The summed E-state index contributed by atoms with van der Waals surface area (Å²) in [4.78, 5) is 59.7. The highest BCUT2D eigenvalue weighted by Gasteiger charge is 2.64. The first kappa shape index (κ1) is 49.4. The van der Waals surface area contributed by atoms with E-state index in [9.17, 15) is 29.5 Å². The number of aliphatic hydroxyl groups excluding tert-OH is 1. The number of aromatic nitrogens is 1. The minimum absolute atomic E-state index is 0.0245. The predicted molar refractivity (Wildman–Crippen MR) is 251 cm³/mol. The highest BCUT2D eigenvalue weighted by molar-refractivity contribution is 6.31. The molecule has 4 atom stereocenters. The highest BCUT2D eigenvalue weighted by atomic mass is 35.5. The molecule has 1 aliphatic heterocycles. The normalized spacial score (nSPS) is 20.5. The maximum Gasteiger partial charge on any atom is 0.251 e. The number of nitrogens with one attached hydrogen (secondary N) is 3. The Bertz CT molecular complexity index is 2410. The number of nitrogens with zero attached hydrogens (tertiary/aromatic N) is 3. The molecule has 15 heteroatoms. The minimum Gasteiger partial charge on any atom is -0.489 e. The van der Waals surface area contributed by atoms with E-state index >= 15 is 0 Å². The van der Waals surface area contributed by atoms with Crippen LogP contribution in [0.1, 0.15) is 94.9 Å². The number of carbonyl (C=O) groups excluding carboxylic acids is 4. The molecule has 1 saturated carbocycles. The molecule has 1 aliphatic carbocycles. The second-order valence-electron chi connectivity index (χ2n) is 19.6. The fourth-order valence-electron chi connectivity index (χ4n) is 9.20. The molecule has 2 heterocycles. The van der Waals surface area contributed by atoms with Crippen molar-refractivity contribution in [1.82, 2.24) is 25.8 Å². The van der Waals surface area contributed by atoms with Gasteiger partial charge in [0.15, 0.2) is 0 Å². The number of hydrogen-bond acceptors (Lipinski definition) is 10. The van der Waals surface area contributed by atoms with E-state index in [-0.39, 0.29) is 62.8 Å². The summed E-state index contributed by atoms with van der Waals surface area (Å²) in [6, 6.07) is 23.4. The number of aryl methyl sites for hydroxylation is 1. The number of β-amino-alcohol motifs (C(OH)–C–C–N with tert-alkyl or cyclic N) is 1. The lowest BCUT2D eigenvalue weighted by Gasteiger charge is -2.63. The topological polar surface area (TPSA) is 192 Å². The highest BCUT2D eigenvalue weighted by Crippen LogP contribution is 2.55. The van der Waals surface area contributed by atoms with Crippen molar-refractivity contribution in [3.63, 3.8) is 0 Å². The second-order valence-corrected chi connectivity index (χ2v) is 20.0. The third-order valence-corrected chi connectivity index (χ3v) is 12.9. The van der Waals surface area contributed by atoms with Gasteiger partial charge in [0.05, 0.1) is 29.3 Å². The molecule has 350 valence electrons. The Hall–Kier alpha value is -6.01. The van der Waals surface area contributed by atoms with Gasteiger partial charge in [-0.05, 0) is 60.7 Å². The number of aliphatic hydroxyl groups is 1. The summed E-state index contributed by atoms with van der Waals surface area (Å²) < 4.78 is 17.7. The molecule has 0 unspecified atom stereocenters. The van der Waals surface area contributed by atoms with Crippen molar-refractivity contribution in [2.45, 2.75) is 105 Å². The monoisotopic (exact) mass is 920 g/mol. The zero-order chi connectivity index (χ0) is 48.1. The van der Waals surface area contributed by atoms with Crippen LogP contribution in [0, 0.1) is 34.5 Å². The summed E-state index contributed by atoms with van der Waals surface area (Å²) in [6.07, 6.45) is 0.660. The number of pyridine rings is 1. The van der Waals surface area contributed by atoms with Crippen LogP contribution in [0.25, 0.3) is 11.1 Å². The largest absolute Gasteiger partial charge is 0.489 e. The van der Waals surface area contributed by atoms with Crippen LogP contribution in [0.3, 0.4) is 0 Å². The molecule has 4 amide bonds. The van der Waals surface area contributed by atoms with Crippen LogP contribution >= 0.6 is 11.6 Å². The number of rotatable bonds is 16. The van der Waals surface area contributed by atoms with Crippen LogP contribution in [-0.4, -0.2) is 95.3 Å². The number of hydrogen-bond donors (Lipinski definition) is 4. The molecule has 4 N–H and O–H groups in total. The number of benzene rings is 3. The molecule has 3 aromatic carbocycles. The molecule has 0 radical (unpaired) electrons. The lowest BCUT2D eigenvalue weighted by atomic mass is 9.49. The van der Waals surface area contributed by atoms with Crippen molar-refractivity contribution in [2.24, 2.45) is 16.2 Å². The number of ether oxygens (including phenoxy) is 3. The molecule has 4 aromatic rings. The van der Waals surface area contributed by atoms with Gasteiger partial charge in [-0.3, -0.25) is 19.2 Å². The van der Waals surface area contributed by atoms with Crippen molar-refractivity contribution < 1.29 is 38.5 Å². The van der Waals surface area contributed by atoms with Gasteiger partial charge in [-0.15, -0.1) is 0 Å². The zero-order valence-corrected chi connectivity index (χ0v) is 39.9. The Morgan fingerprint density at radius 1 is 0.939 bits per heavy atom. The third-order valence-electron chi connectivity index (χ3n) is 12.6. The summed E-state index contributed by atoms with van der Waals surface area (Å²) in [5, 5.41) is 29.1. The Morgan fingerprint density at radius 2 is 1.61 bits per heavy atom. The maximum atomic E-state index is 14.0. The molecular weight excluding hydrogens is 860 g/mol. The summed E-state index contributed by atoms with van der Waals surface area (Å²) in [7, 11) is 0. The van der Waals surface area contributed by atoms with Crippen LogP contribution in [0.4, 0.5) is 0 Å². The van der Waals surface area contributed by atoms with Gasteiger partial charge in [0.1, 0.15) is 43.2 Å². The molecule has 14 nitrogen and oxygen atoms in total. The first-order valence-electron chi connectivity index (χ1n) is 22.2. The molecule has 2 fully saturated rings. The fourth-order valence-corrected chi connectivity index (χ4v) is 9.41. The van der Waals surface area contributed by atoms with E-state index in [0.29, 0.717) is 27.8 Å². The summed E-state index contributed by atoms with van der Waals surface area (Å²) >= 11 is 6.24. The molecule has 0 spiro atoms. The lowest BCUT2D eigenvalue weighted by Crippen LogP contribution is -2.74. The number of halogens is 1. The first-order chi connectivity index (χ1) is 31.1. The Kier molecular flexibility index (Phi) is 15.2. The fraction of sp³-hybridized carbons (Fsp3) is 0.451. The minimum atomic E-state index is -0.985. The standard InChI is InChI=1S/C51H61ClN6O8/c1-30-10-12-32(13-11-30)31(2)55-45(62)40-24-37(59)28-58(40)46(63)43(49(3,4)5)56-41(60)29-64-22-23-65-42-21-19-36(27-54-42)33-14-16-34(17-15-33)44(61)57-47-50(6,7)48(51(47,8)9)66-38-20-18-35(26-53)39(52)25-38/h10-21,25,27,31,37,40,43,47-48,59H,22-24,28-29H2,1-9H3,(H,55,62)(H,56,60)(H,57,61)/t31-,37+,40-,43+,47-,48-/m0/s1. The number of carbonyl (C=O) groups is 4. The average Bonchev–Trinajstić information content (AvgIpc) is 3.67.